The van der Waals surface area contributed by atoms with E-state index in [0.717, 1.165) is 27.1 Å². The molecule has 0 aliphatic heterocycles. The smallest absolute Gasteiger partial charge is 0.259 e. The van der Waals surface area contributed by atoms with Crippen LogP contribution in [0, 0.1) is 20.8 Å². The van der Waals surface area contributed by atoms with Crippen molar-refractivity contribution in [3.8, 4) is 0 Å². The summed E-state index contributed by atoms with van der Waals surface area (Å²) in [6.07, 6.45) is 0. The van der Waals surface area contributed by atoms with Crippen LogP contribution in [0.15, 0.2) is 22.7 Å². The highest BCUT2D eigenvalue weighted by molar-refractivity contribution is 9.10. The Morgan fingerprint density at radius 1 is 1.32 bits per heavy atom. The third-order valence-corrected chi connectivity index (χ3v) is 3.67. The average molecular weight is 322 g/mol. The number of anilines is 1. The number of benzene rings is 1. The lowest BCUT2D eigenvalue weighted by molar-refractivity contribution is 0.102. The van der Waals surface area contributed by atoms with Crippen LogP contribution in [0.4, 0.5) is 5.69 Å². The van der Waals surface area contributed by atoms with Crippen molar-refractivity contribution in [1.29, 1.82) is 0 Å². The molecule has 100 valence electrons. The fourth-order valence-corrected chi connectivity index (χ4v) is 2.53. The number of nitrogens with one attached hydrogen (secondary N) is 1. The van der Waals surface area contributed by atoms with Crippen LogP contribution in [0.1, 0.15) is 27.3 Å². The molecular weight excluding hydrogens is 306 g/mol. The molecule has 2 rings (SSSR count). The summed E-state index contributed by atoms with van der Waals surface area (Å²) >= 11 is 3.41. The van der Waals surface area contributed by atoms with Crippen LogP contribution in [0.5, 0.6) is 0 Å². The average Bonchev–Trinajstić information content (AvgIpc) is 2.57. The van der Waals surface area contributed by atoms with E-state index in [0.29, 0.717) is 5.56 Å². The van der Waals surface area contributed by atoms with Gasteiger partial charge in [-0.25, -0.2) is 0 Å². The van der Waals surface area contributed by atoms with Crippen molar-refractivity contribution in [1.82, 2.24) is 9.78 Å². The number of hydrogen-bond donors (Lipinski definition) is 1. The molecule has 0 saturated carbocycles. The highest BCUT2D eigenvalue weighted by Gasteiger charge is 2.17. The van der Waals surface area contributed by atoms with E-state index in [1.54, 1.807) is 4.68 Å². The van der Waals surface area contributed by atoms with Crippen molar-refractivity contribution in [2.24, 2.45) is 7.05 Å². The van der Waals surface area contributed by atoms with Crippen molar-refractivity contribution < 1.29 is 4.79 Å². The monoisotopic (exact) mass is 321 g/mol. The molecule has 2 aromatic rings. The molecule has 19 heavy (non-hydrogen) atoms. The second-order valence-corrected chi connectivity index (χ2v) is 5.50. The minimum absolute atomic E-state index is 0.117. The van der Waals surface area contributed by atoms with Gasteiger partial charge in [0.05, 0.1) is 11.3 Å². The van der Waals surface area contributed by atoms with Crippen molar-refractivity contribution in [3.05, 3.63) is 45.2 Å². The number of hydrogen-bond acceptors (Lipinski definition) is 2. The molecule has 1 N–H and O–H groups in total. The molecule has 0 aliphatic rings. The normalized spacial score (nSPS) is 10.6. The lowest BCUT2D eigenvalue weighted by atomic mass is 10.1. The molecule has 0 spiro atoms. The molecular formula is C14H16BrN3O. The molecule has 1 amide bonds. The van der Waals surface area contributed by atoms with Gasteiger partial charge in [-0.1, -0.05) is 15.9 Å². The topological polar surface area (TPSA) is 46.9 Å². The van der Waals surface area contributed by atoms with E-state index >= 15 is 0 Å². The Hall–Kier alpha value is -1.62. The fraction of sp³-hybridized carbons (Fsp3) is 0.286. The second kappa shape index (κ2) is 5.17. The van der Waals surface area contributed by atoms with Crippen LogP contribution in [-0.2, 0) is 7.05 Å². The maximum absolute atomic E-state index is 12.3. The number of nitrogens with zero attached hydrogens (tertiary/aromatic N) is 2. The number of halogens is 1. The van der Waals surface area contributed by atoms with Gasteiger partial charge in [-0.15, -0.1) is 0 Å². The van der Waals surface area contributed by atoms with Crippen molar-refractivity contribution in [2.75, 3.05) is 5.32 Å². The van der Waals surface area contributed by atoms with Gasteiger partial charge < -0.3 is 5.32 Å². The third kappa shape index (κ3) is 2.71. The molecule has 1 aromatic heterocycles. The molecule has 0 radical (unpaired) electrons. The molecule has 1 heterocycles. The Kier molecular flexibility index (Phi) is 3.75. The summed E-state index contributed by atoms with van der Waals surface area (Å²) in [5.74, 6) is -0.117. The zero-order valence-corrected chi connectivity index (χ0v) is 13.0. The van der Waals surface area contributed by atoms with Crippen LogP contribution in [-0.4, -0.2) is 15.7 Å². The number of carbonyl (C=O) groups excluding carboxylic acids is 1. The lowest BCUT2D eigenvalue weighted by Gasteiger charge is -2.09. The second-order valence-electron chi connectivity index (χ2n) is 4.58. The van der Waals surface area contributed by atoms with Gasteiger partial charge in [-0.3, -0.25) is 9.48 Å². The Morgan fingerprint density at radius 2 is 2.00 bits per heavy atom. The van der Waals surface area contributed by atoms with E-state index in [2.05, 4.69) is 26.3 Å². The number of carbonyl (C=O) groups is 1. The Bertz CT molecular complexity index is 646. The number of amides is 1. The van der Waals surface area contributed by atoms with E-state index in [1.165, 1.54) is 0 Å². The maximum Gasteiger partial charge on any atom is 0.259 e. The molecule has 1 aromatic carbocycles. The van der Waals surface area contributed by atoms with Gasteiger partial charge in [0.15, 0.2) is 0 Å². The van der Waals surface area contributed by atoms with E-state index in [4.69, 9.17) is 0 Å². The van der Waals surface area contributed by atoms with E-state index in [1.807, 2.05) is 46.0 Å². The Balaban J connectivity index is 2.31. The van der Waals surface area contributed by atoms with Gasteiger partial charge in [-0.05, 0) is 44.5 Å². The Labute approximate surface area is 120 Å². The van der Waals surface area contributed by atoms with Gasteiger partial charge in [0.2, 0.25) is 0 Å². The summed E-state index contributed by atoms with van der Waals surface area (Å²) in [4.78, 5) is 12.3. The summed E-state index contributed by atoms with van der Waals surface area (Å²) < 4.78 is 2.72. The highest BCUT2D eigenvalue weighted by atomic mass is 79.9. The standard InChI is InChI=1S/C14H16BrN3O/c1-8-7-11(15)5-6-12(8)16-14(19)13-9(2)17-18(4)10(13)3/h5-7H,1-4H3,(H,16,19). The molecule has 0 unspecified atom stereocenters. The van der Waals surface area contributed by atoms with Crippen LogP contribution in [0.2, 0.25) is 0 Å². The zero-order valence-electron chi connectivity index (χ0n) is 11.4. The first kappa shape index (κ1) is 13.8. The first-order valence-electron chi connectivity index (χ1n) is 5.98. The number of rotatable bonds is 2. The molecule has 0 atom stereocenters. The minimum Gasteiger partial charge on any atom is -0.322 e. The zero-order chi connectivity index (χ0) is 14.2. The van der Waals surface area contributed by atoms with Gasteiger partial charge >= 0.3 is 0 Å². The summed E-state index contributed by atoms with van der Waals surface area (Å²) in [5.41, 5.74) is 4.08. The van der Waals surface area contributed by atoms with E-state index in [-0.39, 0.29) is 5.91 Å². The fourth-order valence-electron chi connectivity index (χ4n) is 2.05. The molecule has 4 nitrogen and oxygen atoms in total. The summed E-state index contributed by atoms with van der Waals surface area (Å²) in [6, 6.07) is 5.77. The van der Waals surface area contributed by atoms with E-state index in [9.17, 15) is 4.79 Å². The van der Waals surface area contributed by atoms with Crippen molar-refractivity contribution in [3.63, 3.8) is 0 Å². The molecule has 0 aliphatic carbocycles. The van der Waals surface area contributed by atoms with Crippen molar-refractivity contribution in [2.45, 2.75) is 20.8 Å². The van der Waals surface area contributed by atoms with E-state index < -0.39 is 0 Å². The summed E-state index contributed by atoms with van der Waals surface area (Å²) in [6.45, 7) is 5.70. The first-order chi connectivity index (χ1) is 8.90. The predicted octanol–water partition coefficient (Wildman–Crippen LogP) is 3.36. The van der Waals surface area contributed by atoms with Crippen LogP contribution in [0.25, 0.3) is 0 Å². The quantitative estimate of drug-likeness (QED) is 0.921. The van der Waals surface area contributed by atoms with Crippen LogP contribution in [0.3, 0.4) is 0 Å². The molecule has 0 saturated heterocycles. The summed E-state index contributed by atoms with van der Waals surface area (Å²) in [5, 5.41) is 7.19. The summed E-state index contributed by atoms with van der Waals surface area (Å²) in [7, 11) is 1.84. The SMILES string of the molecule is Cc1cc(Br)ccc1NC(=O)c1c(C)nn(C)c1C. The molecule has 0 bridgehead atoms. The van der Waals surface area contributed by atoms with Gasteiger partial charge in [-0.2, -0.15) is 5.10 Å². The first-order valence-corrected chi connectivity index (χ1v) is 6.77. The van der Waals surface area contributed by atoms with Gasteiger partial charge in [0.1, 0.15) is 0 Å². The van der Waals surface area contributed by atoms with Crippen LogP contribution < -0.4 is 5.32 Å². The third-order valence-electron chi connectivity index (χ3n) is 3.17. The number of aromatic nitrogens is 2. The van der Waals surface area contributed by atoms with Gasteiger partial charge in [0, 0.05) is 22.9 Å². The minimum atomic E-state index is -0.117. The maximum atomic E-state index is 12.3. The van der Waals surface area contributed by atoms with Crippen LogP contribution >= 0.6 is 15.9 Å². The molecule has 0 fully saturated rings. The van der Waals surface area contributed by atoms with Crippen molar-refractivity contribution >= 4 is 27.5 Å². The van der Waals surface area contributed by atoms with Gasteiger partial charge in [0.25, 0.3) is 5.91 Å². The molecule has 5 heteroatoms. The Morgan fingerprint density at radius 3 is 2.53 bits per heavy atom. The lowest BCUT2D eigenvalue weighted by Crippen LogP contribution is -2.14. The predicted molar refractivity (Wildman–Crippen MR) is 79.5 cm³/mol. The number of aryl methyl sites for hydroxylation is 3. The highest BCUT2D eigenvalue weighted by Crippen LogP contribution is 2.21. The largest absolute Gasteiger partial charge is 0.322 e.